The summed E-state index contributed by atoms with van der Waals surface area (Å²) >= 11 is 6.62. The third kappa shape index (κ3) is 3.90. The topological polar surface area (TPSA) is 87.0 Å². The SMILES string of the molecule is N#CC(Cl)(c1ccccc1)c1ccc(NC(=O)C2C=C(c3cccnc3)NO2)cc1. The molecule has 2 atom stereocenters. The van der Waals surface area contributed by atoms with Gasteiger partial charge in [0.15, 0.2) is 11.0 Å². The van der Waals surface area contributed by atoms with Crippen molar-refractivity contribution in [3.8, 4) is 6.07 Å². The number of alkyl halides is 1. The molecule has 0 spiro atoms. The number of carbonyl (C=O) groups is 1. The van der Waals surface area contributed by atoms with Crippen molar-refractivity contribution in [3.63, 3.8) is 0 Å². The van der Waals surface area contributed by atoms with Gasteiger partial charge in [-0.1, -0.05) is 54.1 Å². The average molecular weight is 417 g/mol. The lowest BCUT2D eigenvalue weighted by molar-refractivity contribution is -0.125. The van der Waals surface area contributed by atoms with Crippen LogP contribution in [0.4, 0.5) is 5.69 Å². The van der Waals surface area contributed by atoms with Crippen molar-refractivity contribution in [3.05, 3.63) is 102 Å². The largest absolute Gasteiger partial charge is 0.323 e. The Balaban J connectivity index is 1.47. The monoisotopic (exact) mass is 416 g/mol. The number of nitriles is 1. The van der Waals surface area contributed by atoms with Gasteiger partial charge in [0, 0.05) is 23.6 Å². The molecule has 4 rings (SSSR count). The van der Waals surface area contributed by atoms with Crippen molar-refractivity contribution in [1.82, 2.24) is 10.5 Å². The van der Waals surface area contributed by atoms with E-state index in [0.29, 0.717) is 22.5 Å². The van der Waals surface area contributed by atoms with Crippen LogP contribution in [0.25, 0.3) is 5.70 Å². The Bertz CT molecular complexity index is 1110. The minimum atomic E-state index is -1.30. The smallest absolute Gasteiger partial charge is 0.260 e. The fourth-order valence-corrected chi connectivity index (χ4v) is 3.36. The van der Waals surface area contributed by atoms with Crippen LogP contribution in [0, 0.1) is 11.3 Å². The molecule has 0 radical (unpaired) electrons. The van der Waals surface area contributed by atoms with Gasteiger partial charge in [-0.15, -0.1) is 0 Å². The van der Waals surface area contributed by atoms with Gasteiger partial charge in [0.25, 0.3) is 5.91 Å². The number of rotatable bonds is 5. The Labute approximate surface area is 178 Å². The molecule has 148 valence electrons. The molecule has 2 N–H and O–H groups in total. The first kappa shape index (κ1) is 19.6. The number of nitrogens with zero attached hydrogens (tertiary/aromatic N) is 2. The Hall–Kier alpha value is -3.66. The molecule has 1 amide bonds. The second-order valence-corrected chi connectivity index (χ2v) is 7.23. The minimum Gasteiger partial charge on any atom is -0.323 e. The Kier molecular flexibility index (Phi) is 5.48. The molecule has 0 saturated carbocycles. The second kappa shape index (κ2) is 8.37. The molecule has 1 aliphatic heterocycles. The van der Waals surface area contributed by atoms with Crippen LogP contribution in [0.1, 0.15) is 16.7 Å². The van der Waals surface area contributed by atoms with E-state index in [1.54, 1.807) is 48.8 Å². The molecule has 2 heterocycles. The van der Waals surface area contributed by atoms with Crippen LogP contribution in [0.2, 0.25) is 0 Å². The number of benzene rings is 2. The maximum Gasteiger partial charge on any atom is 0.260 e. The van der Waals surface area contributed by atoms with Crippen LogP contribution in [-0.4, -0.2) is 17.0 Å². The molecule has 2 aromatic carbocycles. The number of nitrogens with one attached hydrogen (secondary N) is 2. The zero-order chi connectivity index (χ0) is 21.0. The number of hydroxylamine groups is 1. The molecule has 7 heteroatoms. The van der Waals surface area contributed by atoms with Gasteiger partial charge >= 0.3 is 0 Å². The van der Waals surface area contributed by atoms with Gasteiger partial charge in [-0.05, 0) is 41.5 Å². The maximum atomic E-state index is 12.5. The van der Waals surface area contributed by atoms with E-state index in [4.69, 9.17) is 16.4 Å². The predicted molar refractivity (Wildman–Crippen MR) is 114 cm³/mol. The van der Waals surface area contributed by atoms with Crippen LogP contribution >= 0.6 is 11.6 Å². The van der Waals surface area contributed by atoms with Crippen LogP contribution in [0.15, 0.2) is 85.2 Å². The summed E-state index contributed by atoms with van der Waals surface area (Å²) in [5, 5.41) is 12.5. The van der Waals surface area contributed by atoms with E-state index in [-0.39, 0.29) is 5.91 Å². The molecule has 0 aliphatic carbocycles. The summed E-state index contributed by atoms with van der Waals surface area (Å²) in [5.41, 5.74) is 6.13. The molecular weight excluding hydrogens is 400 g/mol. The Morgan fingerprint density at radius 3 is 2.50 bits per heavy atom. The van der Waals surface area contributed by atoms with Gasteiger partial charge in [0.2, 0.25) is 0 Å². The minimum absolute atomic E-state index is 0.324. The molecule has 3 aromatic rings. The molecule has 30 heavy (non-hydrogen) atoms. The number of carbonyl (C=O) groups excluding carboxylic acids is 1. The number of amides is 1. The molecule has 1 aromatic heterocycles. The van der Waals surface area contributed by atoms with Gasteiger partial charge < -0.3 is 5.32 Å². The molecule has 0 saturated heterocycles. The van der Waals surface area contributed by atoms with Crippen molar-refractivity contribution in [1.29, 1.82) is 5.26 Å². The normalized spacial score (nSPS) is 17.2. The third-order valence-electron chi connectivity index (χ3n) is 4.72. The van der Waals surface area contributed by atoms with Gasteiger partial charge in [-0.2, -0.15) is 5.26 Å². The fourth-order valence-electron chi connectivity index (χ4n) is 3.11. The van der Waals surface area contributed by atoms with Gasteiger partial charge in [0.05, 0.1) is 11.8 Å². The lowest BCUT2D eigenvalue weighted by Crippen LogP contribution is -2.28. The van der Waals surface area contributed by atoms with Crippen LogP contribution in [0.3, 0.4) is 0 Å². The van der Waals surface area contributed by atoms with Gasteiger partial charge in [0.1, 0.15) is 0 Å². The lowest BCUT2D eigenvalue weighted by Gasteiger charge is -2.20. The van der Waals surface area contributed by atoms with E-state index in [2.05, 4.69) is 21.9 Å². The zero-order valence-corrected chi connectivity index (χ0v) is 16.5. The summed E-state index contributed by atoms with van der Waals surface area (Å²) in [5.74, 6) is -0.324. The number of hydrogen-bond donors (Lipinski definition) is 2. The lowest BCUT2D eigenvalue weighted by atomic mass is 9.91. The first-order valence-electron chi connectivity index (χ1n) is 9.21. The van der Waals surface area contributed by atoms with Crippen molar-refractivity contribution in [2.24, 2.45) is 0 Å². The predicted octanol–water partition coefficient (Wildman–Crippen LogP) is 3.97. The molecule has 0 bridgehead atoms. The Morgan fingerprint density at radius 1 is 1.10 bits per heavy atom. The van der Waals surface area contributed by atoms with E-state index >= 15 is 0 Å². The van der Waals surface area contributed by atoms with Crippen LogP contribution in [-0.2, 0) is 14.5 Å². The summed E-state index contributed by atoms with van der Waals surface area (Å²) in [4.78, 5) is 20.6. The van der Waals surface area contributed by atoms with E-state index in [1.165, 1.54) is 0 Å². The first-order chi connectivity index (χ1) is 14.6. The number of anilines is 1. The summed E-state index contributed by atoms with van der Waals surface area (Å²) < 4.78 is 0. The molecule has 0 fully saturated rings. The second-order valence-electron chi connectivity index (χ2n) is 6.67. The molecule has 2 unspecified atom stereocenters. The first-order valence-corrected chi connectivity index (χ1v) is 9.59. The number of aromatic nitrogens is 1. The molecule has 6 nitrogen and oxygen atoms in total. The standard InChI is InChI=1S/C23H17ClN4O2/c24-23(15-25,17-6-2-1-3-7-17)18-8-10-19(11-9-18)27-22(29)21-13-20(28-30-21)16-5-4-12-26-14-16/h1-14,21,28H,(H,27,29). The van der Waals surface area contributed by atoms with E-state index in [9.17, 15) is 10.1 Å². The molecule has 1 aliphatic rings. The van der Waals surface area contributed by atoms with Crippen molar-refractivity contribution in [2.45, 2.75) is 11.0 Å². The highest BCUT2D eigenvalue weighted by Crippen LogP contribution is 2.36. The highest BCUT2D eigenvalue weighted by Gasteiger charge is 2.32. The van der Waals surface area contributed by atoms with Crippen molar-refractivity contribution >= 4 is 28.9 Å². The average Bonchev–Trinajstić information content (AvgIpc) is 3.31. The summed E-state index contributed by atoms with van der Waals surface area (Å²) in [6.45, 7) is 0. The quantitative estimate of drug-likeness (QED) is 0.614. The van der Waals surface area contributed by atoms with Crippen LogP contribution < -0.4 is 10.8 Å². The highest BCUT2D eigenvalue weighted by molar-refractivity contribution is 6.28. The number of halogens is 1. The number of hydrogen-bond acceptors (Lipinski definition) is 5. The third-order valence-corrected chi connectivity index (χ3v) is 5.24. The highest BCUT2D eigenvalue weighted by atomic mass is 35.5. The maximum absolute atomic E-state index is 12.5. The summed E-state index contributed by atoms with van der Waals surface area (Å²) in [7, 11) is 0. The zero-order valence-electron chi connectivity index (χ0n) is 15.7. The van der Waals surface area contributed by atoms with Crippen molar-refractivity contribution in [2.75, 3.05) is 5.32 Å². The number of pyridine rings is 1. The van der Waals surface area contributed by atoms with Gasteiger partial charge in [-0.25, -0.2) is 0 Å². The Morgan fingerprint density at radius 2 is 1.83 bits per heavy atom. The van der Waals surface area contributed by atoms with E-state index in [1.807, 2.05) is 36.4 Å². The summed E-state index contributed by atoms with van der Waals surface area (Å²) in [6, 6.07) is 21.9. The fraction of sp³-hybridized carbons (Fsp3) is 0.0870. The van der Waals surface area contributed by atoms with E-state index in [0.717, 1.165) is 5.56 Å². The van der Waals surface area contributed by atoms with Gasteiger partial charge in [-0.3, -0.25) is 20.1 Å². The molecular formula is C23H17ClN4O2. The van der Waals surface area contributed by atoms with Crippen molar-refractivity contribution < 1.29 is 9.63 Å². The van der Waals surface area contributed by atoms with Crippen LogP contribution in [0.5, 0.6) is 0 Å². The van der Waals surface area contributed by atoms with E-state index < -0.39 is 11.0 Å². The summed E-state index contributed by atoms with van der Waals surface area (Å²) in [6.07, 6.45) is 4.26.